The zero-order chi connectivity index (χ0) is 57.1. The van der Waals surface area contributed by atoms with E-state index >= 15 is 0 Å². The van der Waals surface area contributed by atoms with Gasteiger partial charge in [0.2, 0.25) is 0 Å². The van der Waals surface area contributed by atoms with E-state index in [1.165, 1.54) is 302 Å². The van der Waals surface area contributed by atoms with Crippen molar-refractivity contribution in [1.82, 2.24) is 0 Å². The number of unbranched alkanes of at least 4 members (excludes halogenated alkanes) is 52. The van der Waals surface area contributed by atoms with Gasteiger partial charge < -0.3 is 14.2 Å². The van der Waals surface area contributed by atoms with Gasteiger partial charge in [-0.25, -0.2) is 0 Å². The second-order valence-corrected chi connectivity index (χ2v) is 24.5. The molecular formula is C73H138O6. The topological polar surface area (TPSA) is 78.9 Å². The fraction of sp³-hybridized carbons (Fsp3) is 0.904. The Kier molecular flexibility index (Phi) is 66.6. The van der Waals surface area contributed by atoms with Crippen LogP contribution in [0.4, 0.5) is 0 Å². The van der Waals surface area contributed by atoms with Crippen molar-refractivity contribution in [2.75, 3.05) is 13.2 Å². The summed E-state index contributed by atoms with van der Waals surface area (Å²) in [7, 11) is 0. The molecule has 0 aromatic heterocycles. The molecule has 0 bridgehead atoms. The lowest BCUT2D eigenvalue weighted by Gasteiger charge is -2.18. The molecule has 1 atom stereocenters. The molecule has 0 saturated heterocycles. The molecule has 0 aromatic rings. The van der Waals surface area contributed by atoms with Crippen LogP contribution < -0.4 is 0 Å². The summed E-state index contributed by atoms with van der Waals surface area (Å²) in [5, 5.41) is 0. The highest BCUT2D eigenvalue weighted by atomic mass is 16.6. The number of hydrogen-bond donors (Lipinski definition) is 0. The van der Waals surface area contributed by atoms with Gasteiger partial charge in [0, 0.05) is 19.3 Å². The standard InChI is InChI=1S/C73H138O6/c1-4-7-10-13-16-18-20-22-24-26-28-30-31-32-33-34-35-36-37-38-39-40-41-43-44-46-48-50-52-54-57-60-63-66-72(75)78-69-70(68-77-71(74)65-62-59-56-15-12-9-6-3)79-73(76)67-64-61-58-55-53-51-49-47-45-42-29-27-25-23-21-19-17-14-11-8-5-2/h20,22,26,28,70H,4-19,21,23-25,27,29-69H2,1-3H3/b22-20-,28-26-. The zero-order valence-electron chi connectivity index (χ0n) is 53.7. The Hall–Kier alpha value is -2.11. The second kappa shape index (κ2) is 68.4. The maximum Gasteiger partial charge on any atom is 0.306 e. The number of hydrogen-bond acceptors (Lipinski definition) is 6. The molecule has 0 aromatic carbocycles. The van der Waals surface area contributed by atoms with Crippen LogP contribution >= 0.6 is 0 Å². The third-order valence-corrected chi connectivity index (χ3v) is 16.5. The van der Waals surface area contributed by atoms with E-state index in [2.05, 4.69) is 45.1 Å². The van der Waals surface area contributed by atoms with E-state index in [0.29, 0.717) is 19.3 Å². The fourth-order valence-electron chi connectivity index (χ4n) is 11.1. The van der Waals surface area contributed by atoms with Gasteiger partial charge in [-0.15, -0.1) is 0 Å². The van der Waals surface area contributed by atoms with Gasteiger partial charge in [0.25, 0.3) is 0 Å². The van der Waals surface area contributed by atoms with Gasteiger partial charge in [0.15, 0.2) is 6.10 Å². The molecule has 466 valence electrons. The molecule has 0 saturated carbocycles. The number of rotatable bonds is 67. The first-order valence-electron chi connectivity index (χ1n) is 35.8. The molecule has 0 N–H and O–H groups in total. The van der Waals surface area contributed by atoms with Crippen LogP contribution in [-0.4, -0.2) is 37.2 Å². The van der Waals surface area contributed by atoms with Gasteiger partial charge in [-0.05, 0) is 51.4 Å². The Morgan fingerprint density at radius 1 is 0.253 bits per heavy atom. The summed E-state index contributed by atoms with van der Waals surface area (Å²) in [6.45, 7) is 6.67. The fourth-order valence-corrected chi connectivity index (χ4v) is 11.1. The maximum absolute atomic E-state index is 12.9. The van der Waals surface area contributed by atoms with Crippen molar-refractivity contribution in [3.05, 3.63) is 24.3 Å². The molecule has 0 aliphatic heterocycles. The predicted octanol–water partition coefficient (Wildman–Crippen LogP) is 24.6. The normalized spacial score (nSPS) is 12.1. The van der Waals surface area contributed by atoms with Crippen molar-refractivity contribution in [1.29, 1.82) is 0 Å². The molecule has 0 aliphatic carbocycles. The van der Waals surface area contributed by atoms with Crippen molar-refractivity contribution >= 4 is 17.9 Å². The van der Waals surface area contributed by atoms with Crippen LogP contribution in [0.2, 0.25) is 0 Å². The van der Waals surface area contributed by atoms with Gasteiger partial charge >= 0.3 is 17.9 Å². The number of carbonyl (C=O) groups is 3. The first-order valence-corrected chi connectivity index (χ1v) is 35.8. The average Bonchev–Trinajstić information content (AvgIpc) is 3.45. The van der Waals surface area contributed by atoms with Crippen LogP contribution in [-0.2, 0) is 28.6 Å². The van der Waals surface area contributed by atoms with E-state index in [9.17, 15) is 14.4 Å². The Balaban J connectivity index is 3.95. The summed E-state index contributed by atoms with van der Waals surface area (Å²) in [5.41, 5.74) is 0. The Morgan fingerprint density at radius 2 is 0.456 bits per heavy atom. The van der Waals surface area contributed by atoms with Gasteiger partial charge in [0.1, 0.15) is 13.2 Å². The summed E-state index contributed by atoms with van der Waals surface area (Å²) in [4.78, 5) is 38.2. The number of ether oxygens (including phenoxy) is 3. The van der Waals surface area contributed by atoms with Crippen molar-refractivity contribution in [2.45, 2.75) is 412 Å². The molecule has 1 unspecified atom stereocenters. The minimum atomic E-state index is -0.764. The lowest BCUT2D eigenvalue weighted by Crippen LogP contribution is -2.30. The van der Waals surface area contributed by atoms with E-state index in [4.69, 9.17) is 14.2 Å². The molecule has 0 fully saturated rings. The van der Waals surface area contributed by atoms with Crippen molar-refractivity contribution in [2.24, 2.45) is 0 Å². The van der Waals surface area contributed by atoms with E-state index < -0.39 is 6.10 Å². The van der Waals surface area contributed by atoms with Crippen LogP contribution in [0.5, 0.6) is 0 Å². The zero-order valence-corrected chi connectivity index (χ0v) is 53.7. The largest absolute Gasteiger partial charge is 0.462 e. The minimum Gasteiger partial charge on any atom is -0.462 e. The first-order chi connectivity index (χ1) is 39.0. The van der Waals surface area contributed by atoms with Crippen LogP contribution in [0.25, 0.3) is 0 Å². The number of esters is 3. The minimum absolute atomic E-state index is 0.0637. The lowest BCUT2D eigenvalue weighted by molar-refractivity contribution is -0.167. The van der Waals surface area contributed by atoms with Crippen molar-refractivity contribution in [3.63, 3.8) is 0 Å². The highest BCUT2D eigenvalue weighted by Gasteiger charge is 2.19. The molecule has 79 heavy (non-hydrogen) atoms. The highest BCUT2D eigenvalue weighted by Crippen LogP contribution is 2.19. The van der Waals surface area contributed by atoms with Gasteiger partial charge in [0.05, 0.1) is 0 Å². The average molecular weight is 1110 g/mol. The molecular weight excluding hydrogens is 973 g/mol. The van der Waals surface area contributed by atoms with Crippen LogP contribution in [0.1, 0.15) is 406 Å². The molecule has 0 spiro atoms. The van der Waals surface area contributed by atoms with Crippen LogP contribution in [0.3, 0.4) is 0 Å². The molecule has 0 radical (unpaired) electrons. The summed E-state index contributed by atoms with van der Waals surface area (Å²) >= 11 is 0. The summed E-state index contributed by atoms with van der Waals surface area (Å²) in [5.74, 6) is -0.839. The Labute approximate surface area is 493 Å². The highest BCUT2D eigenvalue weighted by molar-refractivity contribution is 5.71. The molecule has 0 aliphatic rings. The molecule has 0 heterocycles. The smallest absolute Gasteiger partial charge is 0.306 e. The third-order valence-electron chi connectivity index (χ3n) is 16.5. The Bertz CT molecular complexity index is 1270. The molecule has 6 nitrogen and oxygen atoms in total. The quantitative estimate of drug-likeness (QED) is 0.0261. The van der Waals surface area contributed by atoms with Crippen molar-refractivity contribution in [3.8, 4) is 0 Å². The van der Waals surface area contributed by atoms with E-state index in [1.807, 2.05) is 0 Å². The predicted molar refractivity (Wildman–Crippen MR) is 344 cm³/mol. The molecule has 0 amide bonds. The van der Waals surface area contributed by atoms with Crippen LogP contribution in [0, 0.1) is 0 Å². The van der Waals surface area contributed by atoms with E-state index in [1.54, 1.807) is 0 Å². The summed E-state index contributed by atoms with van der Waals surface area (Å²) in [6, 6.07) is 0. The van der Waals surface area contributed by atoms with Crippen molar-refractivity contribution < 1.29 is 28.6 Å². The molecule has 6 heteroatoms. The van der Waals surface area contributed by atoms with E-state index in [-0.39, 0.29) is 31.1 Å². The molecule has 0 rings (SSSR count). The number of allylic oxidation sites excluding steroid dienone is 4. The van der Waals surface area contributed by atoms with Gasteiger partial charge in [-0.3, -0.25) is 14.4 Å². The maximum atomic E-state index is 12.9. The Morgan fingerprint density at radius 3 is 0.696 bits per heavy atom. The first kappa shape index (κ1) is 76.9. The summed E-state index contributed by atoms with van der Waals surface area (Å²) in [6.07, 6.45) is 84.0. The van der Waals surface area contributed by atoms with Crippen LogP contribution in [0.15, 0.2) is 24.3 Å². The summed E-state index contributed by atoms with van der Waals surface area (Å²) < 4.78 is 16.9. The number of carbonyl (C=O) groups excluding carboxylic acids is 3. The monoisotopic (exact) mass is 1110 g/mol. The van der Waals surface area contributed by atoms with E-state index in [0.717, 1.165) is 64.2 Å². The SMILES string of the molecule is CCCCCCC/C=C\C/C=C\CCCCCCCCCCCCCCCCCCCCCCCC(=O)OCC(COC(=O)CCCCCCCCC)OC(=O)CCCCCCCCCCCCCCCCCCCCCCC. The third kappa shape index (κ3) is 66.6. The van der Waals surface area contributed by atoms with Gasteiger partial charge in [-0.1, -0.05) is 360 Å². The second-order valence-electron chi connectivity index (χ2n) is 24.5. The van der Waals surface area contributed by atoms with Gasteiger partial charge in [-0.2, -0.15) is 0 Å². The lowest BCUT2D eigenvalue weighted by atomic mass is 10.0.